The summed E-state index contributed by atoms with van der Waals surface area (Å²) in [6.07, 6.45) is 3.00. The number of amides is 2. The van der Waals surface area contributed by atoms with Crippen LogP contribution < -0.4 is 10.1 Å². The van der Waals surface area contributed by atoms with Gasteiger partial charge in [-0.1, -0.05) is 25.1 Å². The lowest BCUT2D eigenvalue weighted by Gasteiger charge is -2.40. The Bertz CT molecular complexity index is 662. The summed E-state index contributed by atoms with van der Waals surface area (Å²) in [6, 6.07) is 7.93. The molecular weight excluding hydrogens is 378 g/mol. The summed E-state index contributed by atoms with van der Waals surface area (Å²) in [5.74, 6) is 1.27. The predicted octanol–water partition coefficient (Wildman–Crippen LogP) is 2.63. The Balaban J connectivity index is 0.00000280. The lowest BCUT2D eigenvalue weighted by atomic mass is 9.92. The minimum absolute atomic E-state index is 0. The van der Waals surface area contributed by atoms with Crippen molar-refractivity contribution in [3.8, 4) is 5.75 Å². The van der Waals surface area contributed by atoms with Gasteiger partial charge in [0.2, 0.25) is 11.8 Å². The Morgan fingerprint density at radius 2 is 1.89 bits per heavy atom. The molecule has 2 aliphatic rings. The van der Waals surface area contributed by atoms with E-state index < -0.39 is 0 Å². The number of rotatable bonds is 5. The molecule has 1 aromatic rings. The number of nitrogens with zero attached hydrogens (tertiary/aromatic N) is 2. The first kappa shape index (κ1) is 22.5. The average molecular weight is 410 g/mol. The molecule has 3 rings (SSSR count). The minimum Gasteiger partial charge on any atom is -0.496 e. The van der Waals surface area contributed by atoms with Gasteiger partial charge in [0.1, 0.15) is 5.75 Å². The SMILES string of the molecule is CCCC(=O)N1CCC(C(=O)N2CCNCC2c2ccccc2OC)CC1.Cl. The van der Waals surface area contributed by atoms with Crippen molar-refractivity contribution in [1.29, 1.82) is 0 Å². The number of piperazine rings is 1. The maximum absolute atomic E-state index is 13.3. The summed E-state index contributed by atoms with van der Waals surface area (Å²) in [7, 11) is 1.67. The van der Waals surface area contributed by atoms with Gasteiger partial charge < -0.3 is 19.9 Å². The van der Waals surface area contributed by atoms with Crippen LogP contribution in [0.1, 0.15) is 44.2 Å². The first-order valence-electron chi connectivity index (χ1n) is 10.1. The number of methoxy groups -OCH3 is 1. The number of ether oxygens (including phenoxy) is 1. The second kappa shape index (κ2) is 10.7. The highest BCUT2D eigenvalue weighted by Crippen LogP contribution is 2.32. The van der Waals surface area contributed by atoms with E-state index in [0.717, 1.165) is 43.7 Å². The van der Waals surface area contributed by atoms with Gasteiger partial charge in [-0.15, -0.1) is 12.4 Å². The summed E-state index contributed by atoms with van der Waals surface area (Å²) < 4.78 is 5.53. The molecule has 0 saturated carbocycles. The Kier molecular flexibility index (Phi) is 8.58. The van der Waals surface area contributed by atoms with Crippen LogP contribution in [0.4, 0.5) is 0 Å². The Morgan fingerprint density at radius 3 is 2.57 bits per heavy atom. The summed E-state index contributed by atoms with van der Waals surface area (Å²) in [5, 5.41) is 3.41. The average Bonchev–Trinajstić information content (AvgIpc) is 2.73. The molecule has 0 radical (unpaired) electrons. The second-order valence-corrected chi connectivity index (χ2v) is 7.40. The molecule has 0 aliphatic carbocycles. The molecule has 6 nitrogen and oxygen atoms in total. The van der Waals surface area contributed by atoms with Crippen LogP contribution in [0.3, 0.4) is 0 Å². The molecule has 7 heteroatoms. The fourth-order valence-electron chi connectivity index (χ4n) is 4.17. The van der Waals surface area contributed by atoms with Crippen molar-refractivity contribution in [2.45, 2.75) is 38.6 Å². The van der Waals surface area contributed by atoms with Crippen molar-refractivity contribution in [2.24, 2.45) is 5.92 Å². The smallest absolute Gasteiger partial charge is 0.226 e. The molecule has 2 heterocycles. The van der Waals surface area contributed by atoms with Crippen LogP contribution >= 0.6 is 12.4 Å². The molecule has 1 N–H and O–H groups in total. The lowest BCUT2D eigenvalue weighted by Crippen LogP contribution is -2.52. The number of nitrogens with one attached hydrogen (secondary N) is 1. The quantitative estimate of drug-likeness (QED) is 0.812. The molecule has 2 fully saturated rings. The molecule has 0 aromatic heterocycles. The Labute approximate surface area is 174 Å². The highest BCUT2D eigenvalue weighted by Gasteiger charge is 2.35. The molecule has 28 heavy (non-hydrogen) atoms. The third-order valence-corrected chi connectivity index (χ3v) is 5.69. The van der Waals surface area contributed by atoms with E-state index in [9.17, 15) is 9.59 Å². The number of carbonyl (C=O) groups is 2. The largest absolute Gasteiger partial charge is 0.496 e. The van der Waals surface area contributed by atoms with E-state index in [1.807, 2.05) is 41.0 Å². The first-order valence-corrected chi connectivity index (χ1v) is 10.1. The topological polar surface area (TPSA) is 61.9 Å². The van der Waals surface area contributed by atoms with E-state index in [2.05, 4.69) is 5.32 Å². The number of hydrogen-bond acceptors (Lipinski definition) is 4. The maximum atomic E-state index is 13.3. The number of likely N-dealkylation sites (tertiary alicyclic amines) is 1. The Morgan fingerprint density at radius 1 is 1.18 bits per heavy atom. The van der Waals surface area contributed by atoms with Crippen LogP contribution in [0.25, 0.3) is 0 Å². The van der Waals surface area contributed by atoms with E-state index in [1.165, 1.54) is 0 Å². The molecule has 1 aromatic carbocycles. The van der Waals surface area contributed by atoms with E-state index in [-0.39, 0.29) is 36.2 Å². The summed E-state index contributed by atoms with van der Waals surface area (Å²) in [5.41, 5.74) is 1.05. The van der Waals surface area contributed by atoms with Crippen molar-refractivity contribution in [3.63, 3.8) is 0 Å². The summed E-state index contributed by atoms with van der Waals surface area (Å²) >= 11 is 0. The highest BCUT2D eigenvalue weighted by molar-refractivity contribution is 5.85. The molecule has 2 aliphatic heterocycles. The monoisotopic (exact) mass is 409 g/mol. The fraction of sp³-hybridized carbons (Fsp3) is 0.619. The van der Waals surface area contributed by atoms with Crippen LogP contribution in [0.5, 0.6) is 5.75 Å². The molecule has 0 bridgehead atoms. The molecule has 2 saturated heterocycles. The van der Waals surface area contributed by atoms with Crippen LogP contribution in [-0.4, -0.2) is 61.4 Å². The van der Waals surface area contributed by atoms with Gasteiger partial charge in [0.05, 0.1) is 13.2 Å². The zero-order valence-electron chi connectivity index (χ0n) is 16.9. The van der Waals surface area contributed by atoms with Crippen molar-refractivity contribution in [1.82, 2.24) is 15.1 Å². The van der Waals surface area contributed by atoms with Crippen LogP contribution in [-0.2, 0) is 9.59 Å². The van der Waals surface area contributed by atoms with E-state index in [0.29, 0.717) is 26.1 Å². The number of piperidine rings is 1. The summed E-state index contributed by atoms with van der Waals surface area (Å²) in [6.45, 7) is 5.67. The molecule has 2 amide bonds. The first-order chi connectivity index (χ1) is 13.2. The number of halogens is 1. The van der Waals surface area contributed by atoms with Gasteiger partial charge in [0.15, 0.2) is 0 Å². The second-order valence-electron chi connectivity index (χ2n) is 7.40. The van der Waals surface area contributed by atoms with Gasteiger partial charge in [-0.25, -0.2) is 0 Å². The van der Waals surface area contributed by atoms with Crippen LogP contribution in [0.15, 0.2) is 24.3 Å². The number of hydrogen-bond donors (Lipinski definition) is 1. The normalized spacial score (nSPS) is 20.4. The molecule has 1 atom stereocenters. The lowest BCUT2D eigenvalue weighted by molar-refractivity contribution is -0.143. The van der Waals surface area contributed by atoms with Crippen molar-refractivity contribution in [3.05, 3.63) is 29.8 Å². The van der Waals surface area contributed by atoms with Gasteiger partial charge in [-0.3, -0.25) is 9.59 Å². The predicted molar refractivity (Wildman–Crippen MR) is 112 cm³/mol. The standard InChI is InChI=1S/C21H31N3O3.ClH/c1-3-6-20(25)23-12-9-16(10-13-23)21(26)24-14-11-22-15-18(24)17-7-4-5-8-19(17)27-2;/h4-5,7-8,16,18,22H,3,6,9-15H2,1-2H3;1H. The van der Waals surface area contributed by atoms with Crippen molar-refractivity contribution < 1.29 is 14.3 Å². The zero-order chi connectivity index (χ0) is 19.2. The Hall–Kier alpha value is -1.79. The van der Waals surface area contributed by atoms with Crippen molar-refractivity contribution in [2.75, 3.05) is 39.8 Å². The molecular formula is C21H32ClN3O3. The van der Waals surface area contributed by atoms with Gasteiger partial charge in [-0.05, 0) is 25.3 Å². The number of para-hydroxylation sites is 1. The van der Waals surface area contributed by atoms with Gasteiger partial charge >= 0.3 is 0 Å². The molecule has 1 unspecified atom stereocenters. The highest BCUT2D eigenvalue weighted by atomic mass is 35.5. The van der Waals surface area contributed by atoms with Crippen LogP contribution in [0.2, 0.25) is 0 Å². The number of benzene rings is 1. The van der Waals surface area contributed by atoms with Gasteiger partial charge in [-0.2, -0.15) is 0 Å². The fourth-order valence-corrected chi connectivity index (χ4v) is 4.17. The van der Waals surface area contributed by atoms with Gasteiger partial charge in [0.25, 0.3) is 0 Å². The van der Waals surface area contributed by atoms with Crippen LogP contribution in [0, 0.1) is 5.92 Å². The summed E-state index contributed by atoms with van der Waals surface area (Å²) in [4.78, 5) is 29.3. The maximum Gasteiger partial charge on any atom is 0.226 e. The number of carbonyl (C=O) groups excluding carboxylic acids is 2. The van der Waals surface area contributed by atoms with E-state index in [4.69, 9.17) is 4.74 Å². The van der Waals surface area contributed by atoms with E-state index >= 15 is 0 Å². The van der Waals surface area contributed by atoms with Crippen molar-refractivity contribution >= 4 is 24.2 Å². The van der Waals surface area contributed by atoms with E-state index in [1.54, 1.807) is 7.11 Å². The third kappa shape index (κ3) is 4.97. The zero-order valence-corrected chi connectivity index (χ0v) is 17.7. The minimum atomic E-state index is -0.0119. The molecule has 156 valence electrons. The molecule has 0 spiro atoms. The van der Waals surface area contributed by atoms with Gasteiger partial charge in [0, 0.05) is 50.6 Å². The third-order valence-electron chi connectivity index (χ3n) is 5.69.